The Bertz CT molecular complexity index is 485. The van der Waals surface area contributed by atoms with E-state index >= 15 is 0 Å². The van der Waals surface area contributed by atoms with E-state index in [-0.39, 0.29) is 12.5 Å². The van der Waals surface area contributed by atoms with Gasteiger partial charge in [0.25, 0.3) is 5.91 Å². The molecule has 0 heterocycles. The van der Waals surface area contributed by atoms with Crippen molar-refractivity contribution in [3.05, 3.63) is 28.7 Å². The molecular formula is C15H19BrN2O2. The third-order valence-electron chi connectivity index (χ3n) is 3.27. The van der Waals surface area contributed by atoms with Crippen LogP contribution in [0.4, 0.5) is 0 Å². The summed E-state index contributed by atoms with van der Waals surface area (Å²) in [5.74, 6) is 1.11. The number of halogens is 1. The molecule has 1 N–H and O–H groups in total. The summed E-state index contributed by atoms with van der Waals surface area (Å²) < 4.78 is 6.36. The van der Waals surface area contributed by atoms with Crippen LogP contribution in [0, 0.1) is 5.92 Å². The Labute approximate surface area is 127 Å². The predicted molar refractivity (Wildman–Crippen MR) is 82.8 cm³/mol. The van der Waals surface area contributed by atoms with Gasteiger partial charge in [-0.15, -0.1) is 0 Å². The molecule has 1 aromatic carbocycles. The van der Waals surface area contributed by atoms with Gasteiger partial charge in [-0.1, -0.05) is 22.9 Å². The Morgan fingerprint density at radius 3 is 2.90 bits per heavy atom. The molecule has 1 saturated carbocycles. The molecule has 1 fully saturated rings. The number of nitrogens with zero attached hydrogens (tertiary/aromatic N) is 1. The summed E-state index contributed by atoms with van der Waals surface area (Å²) in [4.78, 5) is 11.7. The standard InChI is InChI=1S/C15H19BrN2O2/c1-11-3-2-4-13(9-11)17-18-15(19)10-20-14-7-5-12(16)6-8-14/h5-8,11H,2-4,9-10H2,1H3,(H,18,19). The van der Waals surface area contributed by atoms with E-state index in [0.717, 1.165) is 29.4 Å². The zero-order valence-corrected chi connectivity index (χ0v) is 13.1. The number of nitrogens with one attached hydrogen (secondary N) is 1. The van der Waals surface area contributed by atoms with Gasteiger partial charge in [-0.2, -0.15) is 5.10 Å². The largest absolute Gasteiger partial charge is 0.484 e. The molecule has 0 aliphatic heterocycles. The number of rotatable bonds is 4. The van der Waals surface area contributed by atoms with Gasteiger partial charge >= 0.3 is 0 Å². The molecule has 0 bridgehead atoms. The van der Waals surface area contributed by atoms with Crippen LogP contribution in [0.3, 0.4) is 0 Å². The number of carbonyl (C=O) groups excluding carboxylic acids is 1. The van der Waals surface area contributed by atoms with Crippen molar-refractivity contribution in [2.45, 2.75) is 32.6 Å². The molecule has 1 aromatic rings. The SMILES string of the molecule is CC1CCCC(=NNC(=O)COc2ccc(Br)cc2)C1. The second-order valence-electron chi connectivity index (χ2n) is 5.16. The number of carbonyl (C=O) groups is 1. The van der Waals surface area contributed by atoms with Crippen LogP contribution in [0.25, 0.3) is 0 Å². The number of ether oxygens (including phenoxy) is 1. The van der Waals surface area contributed by atoms with Crippen LogP contribution in [0.15, 0.2) is 33.8 Å². The fourth-order valence-electron chi connectivity index (χ4n) is 2.22. The lowest BCUT2D eigenvalue weighted by molar-refractivity contribution is -0.123. The van der Waals surface area contributed by atoms with Gasteiger partial charge in [0, 0.05) is 10.2 Å². The molecule has 0 saturated heterocycles. The van der Waals surface area contributed by atoms with E-state index in [1.54, 1.807) is 0 Å². The Morgan fingerprint density at radius 2 is 2.20 bits per heavy atom. The highest BCUT2D eigenvalue weighted by Crippen LogP contribution is 2.21. The maximum atomic E-state index is 11.7. The van der Waals surface area contributed by atoms with Crippen LogP contribution in [0.2, 0.25) is 0 Å². The maximum absolute atomic E-state index is 11.7. The van der Waals surface area contributed by atoms with Gasteiger partial charge in [0.1, 0.15) is 5.75 Å². The molecule has 0 aromatic heterocycles. The highest BCUT2D eigenvalue weighted by Gasteiger charge is 2.14. The van der Waals surface area contributed by atoms with E-state index in [0.29, 0.717) is 11.7 Å². The van der Waals surface area contributed by atoms with E-state index in [9.17, 15) is 4.79 Å². The number of benzene rings is 1. The third-order valence-corrected chi connectivity index (χ3v) is 3.80. The lowest BCUT2D eigenvalue weighted by Crippen LogP contribution is -2.26. The lowest BCUT2D eigenvalue weighted by Gasteiger charge is -2.18. The lowest BCUT2D eigenvalue weighted by atomic mass is 9.89. The molecule has 2 rings (SSSR count). The summed E-state index contributed by atoms with van der Waals surface area (Å²) in [6, 6.07) is 7.37. The average molecular weight is 339 g/mol. The number of hydrogen-bond donors (Lipinski definition) is 1. The number of hydrogen-bond acceptors (Lipinski definition) is 3. The van der Waals surface area contributed by atoms with Crippen LogP contribution >= 0.6 is 15.9 Å². The summed E-state index contributed by atoms with van der Waals surface area (Å²) >= 11 is 3.35. The molecule has 0 radical (unpaired) electrons. The van der Waals surface area contributed by atoms with Crippen molar-refractivity contribution in [2.24, 2.45) is 11.0 Å². The van der Waals surface area contributed by atoms with Gasteiger partial charge in [0.2, 0.25) is 0 Å². The summed E-state index contributed by atoms with van der Waals surface area (Å²) in [5.41, 5.74) is 3.65. The summed E-state index contributed by atoms with van der Waals surface area (Å²) in [7, 11) is 0. The molecule has 1 unspecified atom stereocenters. The van der Waals surface area contributed by atoms with E-state index in [2.05, 4.69) is 33.4 Å². The second kappa shape index (κ2) is 7.43. The van der Waals surface area contributed by atoms with Crippen LogP contribution in [0.1, 0.15) is 32.6 Å². The average Bonchev–Trinajstić information content (AvgIpc) is 2.45. The first-order chi connectivity index (χ1) is 9.63. The van der Waals surface area contributed by atoms with Crippen LogP contribution in [0.5, 0.6) is 5.75 Å². The predicted octanol–water partition coefficient (Wildman–Crippen LogP) is 3.51. The van der Waals surface area contributed by atoms with Crippen molar-refractivity contribution >= 4 is 27.5 Å². The number of amides is 1. The highest BCUT2D eigenvalue weighted by atomic mass is 79.9. The molecule has 5 heteroatoms. The smallest absolute Gasteiger partial charge is 0.277 e. The zero-order valence-electron chi connectivity index (χ0n) is 11.6. The molecule has 1 amide bonds. The number of hydrazone groups is 1. The van der Waals surface area contributed by atoms with Gasteiger partial charge in [0.15, 0.2) is 6.61 Å². The van der Waals surface area contributed by atoms with Crippen LogP contribution < -0.4 is 10.2 Å². The van der Waals surface area contributed by atoms with Crippen molar-refractivity contribution in [1.82, 2.24) is 5.43 Å². The van der Waals surface area contributed by atoms with E-state index in [1.165, 1.54) is 6.42 Å². The molecular weight excluding hydrogens is 320 g/mol. The first-order valence-corrected chi connectivity index (χ1v) is 7.65. The first-order valence-electron chi connectivity index (χ1n) is 6.86. The van der Waals surface area contributed by atoms with Crippen LogP contribution in [-0.4, -0.2) is 18.2 Å². The topological polar surface area (TPSA) is 50.7 Å². The highest BCUT2D eigenvalue weighted by molar-refractivity contribution is 9.10. The Morgan fingerprint density at radius 1 is 1.45 bits per heavy atom. The maximum Gasteiger partial charge on any atom is 0.277 e. The summed E-state index contributed by atoms with van der Waals surface area (Å²) in [6.07, 6.45) is 4.37. The molecule has 0 spiro atoms. The van der Waals surface area contributed by atoms with E-state index in [1.807, 2.05) is 24.3 Å². The Kier molecular flexibility index (Phi) is 5.59. The van der Waals surface area contributed by atoms with Crippen LogP contribution in [-0.2, 0) is 4.79 Å². The Hall–Kier alpha value is -1.36. The summed E-state index contributed by atoms with van der Waals surface area (Å²) in [5, 5.41) is 4.19. The first kappa shape index (κ1) is 15.0. The minimum atomic E-state index is -0.223. The van der Waals surface area contributed by atoms with Gasteiger partial charge < -0.3 is 4.74 Å². The van der Waals surface area contributed by atoms with E-state index < -0.39 is 0 Å². The van der Waals surface area contributed by atoms with Crippen molar-refractivity contribution in [3.8, 4) is 5.75 Å². The second-order valence-corrected chi connectivity index (χ2v) is 6.07. The quantitative estimate of drug-likeness (QED) is 0.854. The van der Waals surface area contributed by atoms with Gasteiger partial charge in [-0.3, -0.25) is 4.79 Å². The molecule has 108 valence electrons. The third kappa shape index (κ3) is 4.96. The fraction of sp³-hybridized carbons (Fsp3) is 0.467. The molecule has 1 aliphatic carbocycles. The van der Waals surface area contributed by atoms with Crippen molar-refractivity contribution in [2.75, 3.05) is 6.61 Å². The Balaban J connectivity index is 1.75. The van der Waals surface area contributed by atoms with Crippen molar-refractivity contribution in [1.29, 1.82) is 0 Å². The minimum absolute atomic E-state index is 0.0199. The molecule has 1 atom stereocenters. The van der Waals surface area contributed by atoms with Gasteiger partial charge in [-0.25, -0.2) is 5.43 Å². The zero-order chi connectivity index (χ0) is 14.4. The fourth-order valence-corrected chi connectivity index (χ4v) is 2.48. The normalized spacial score (nSPS) is 20.7. The molecule has 1 aliphatic rings. The van der Waals surface area contributed by atoms with Gasteiger partial charge in [-0.05, 0) is 55.9 Å². The van der Waals surface area contributed by atoms with Crippen molar-refractivity contribution < 1.29 is 9.53 Å². The van der Waals surface area contributed by atoms with E-state index in [4.69, 9.17) is 4.74 Å². The minimum Gasteiger partial charge on any atom is -0.484 e. The molecule has 20 heavy (non-hydrogen) atoms. The van der Waals surface area contributed by atoms with Crippen molar-refractivity contribution in [3.63, 3.8) is 0 Å². The van der Waals surface area contributed by atoms with Gasteiger partial charge in [0.05, 0.1) is 0 Å². The molecule has 4 nitrogen and oxygen atoms in total. The summed E-state index contributed by atoms with van der Waals surface area (Å²) in [6.45, 7) is 2.20. The monoisotopic (exact) mass is 338 g/mol.